The van der Waals surface area contributed by atoms with E-state index in [9.17, 15) is 10.5 Å². The van der Waals surface area contributed by atoms with Crippen molar-refractivity contribution in [3.63, 3.8) is 0 Å². The van der Waals surface area contributed by atoms with E-state index in [2.05, 4.69) is 17.1 Å². The van der Waals surface area contributed by atoms with Gasteiger partial charge in [-0.2, -0.15) is 10.5 Å². The van der Waals surface area contributed by atoms with Gasteiger partial charge in [0.1, 0.15) is 0 Å². The molecule has 1 fully saturated rings. The third-order valence-corrected chi connectivity index (χ3v) is 6.68. The third kappa shape index (κ3) is 1.62. The largest absolute Gasteiger partial charge is 0.343 e. The van der Waals surface area contributed by atoms with Gasteiger partial charge in [0.2, 0.25) is 0 Å². The molecule has 2 aromatic rings. The topological polar surface area (TPSA) is 106 Å². The van der Waals surface area contributed by atoms with Gasteiger partial charge in [-0.1, -0.05) is 61.5 Å². The molecule has 3 N–H and O–H groups in total. The average Bonchev–Trinajstić information content (AvgIpc) is 3.17. The fourth-order valence-corrected chi connectivity index (χ4v) is 5.21. The molecule has 0 amide bonds. The predicted molar refractivity (Wildman–Crippen MR) is 102 cm³/mol. The Morgan fingerprint density at radius 1 is 0.893 bits per heavy atom. The van der Waals surface area contributed by atoms with Crippen molar-refractivity contribution in [2.24, 2.45) is 16.6 Å². The van der Waals surface area contributed by atoms with E-state index in [1.807, 2.05) is 61.5 Å². The lowest BCUT2D eigenvalue weighted by atomic mass is 9.84. The van der Waals surface area contributed by atoms with Crippen molar-refractivity contribution in [3.05, 3.63) is 60.2 Å². The Hall–Kier alpha value is -3.19. The maximum absolute atomic E-state index is 10.2. The van der Waals surface area contributed by atoms with Gasteiger partial charge in [0.25, 0.3) is 5.84 Å². The monoisotopic (exact) mass is 373 g/mol. The Morgan fingerprint density at radius 3 is 1.96 bits per heavy atom. The van der Waals surface area contributed by atoms with E-state index in [-0.39, 0.29) is 5.84 Å². The van der Waals surface area contributed by atoms with E-state index in [0.717, 1.165) is 16.7 Å². The van der Waals surface area contributed by atoms with Crippen LogP contribution in [-0.4, -0.2) is 26.0 Å². The number of nitriles is 2. The number of rotatable bonds is 4. The number of hydrogen-bond donors (Lipinski definition) is 2. The second kappa shape index (κ2) is 5.65. The molecule has 140 valence electrons. The van der Waals surface area contributed by atoms with Gasteiger partial charge in [0.05, 0.1) is 17.6 Å². The highest BCUT2D eigenvalue weighted by Gasteiger charge is 3.02. The lowest BCUT2D eigenvalue weighted by molar-refractivity contribution is -0.688. The fourth-order valence-electron chi connectivity index (χ4n) is 5.21. The standard InChI is InChI=1S/C22H20N4O2/c1-19(17-11-9-16(10-12-17)15-7-5-4-6-8-15)20(13-23)18(25)26-22(27-2,28-3)21(19,20)14-24/h4-12H,1-3H3,(H2,25,26)/p+1/t19-,20+,21-/m1/s1. The van der Waals surface area contributed by atoms with Crippen LogP contribution in [0.1, 0.15) is 12.5 Å². The summed E-state index contributed by atoms with van der Waals surface area (Å²) in [7, 11) is 2.88. The molecule has 1 heterocycles. The van der Waals surface area contributed by atoms with Crippen molar-refractivity contribution >= 4 is 5.84 Å². The Balaban J connectivity index is 1.88. The normalized spacial score (nSPS) is 32.0. The van der Waals surface area contributed by atoms with Crippen LogP contribution in [0.3, 0.4) is 0 Å². The van der Waals surface area contributed by atoms with E-state index in [1.165, 1.54) is 14.2 Å². The van der Waals surface area contributed by atoms with Crippen molar-refractivity contribution in [1.29, 1.82) is 10.5 Å². The van der Waals surface area contributed by atoms with E-state index in [4.69, 9.17) is 15.2 Å². The quantitative estimate of drug-likeness (QED) is 0.779. The summed E-state index contributed by atoms with van der Waals surface area (Å²) in [5.41, 5.74) is 5.73. The van der Waals surface area contributed by atoms with Crippen molar-refractivity contribution in [2.75, 3.05) is 14.2 Å². The van der Waals surface area contributed by atoms with Gasteiger partial charge in [0.15, 0.2) is 10.8 Å². The first-order valence-electron chi connectivity index (χ1n) is 8.94. The summed E-state index contributed by atoms with van der Waals surface area (Å²) < 4.78 is 11.2. The van der Waals surface area contributed by atoms with Gasteiger partial charge in [0, 0.05) is 14.2 Å². The summed E-state index contributed by atoms with van der Waals surface area (Å²) in [5.74, 6) is -1.32. The molecule has 1 aliphatic carbocycles. The zero-order valence-corrected chi connectivity index (χ0v) is 16.0. The van der Waals surface area contributed by atoms with Crippen LogP contribution in [-0.2, 0) is 14.9 Å². The highest BCUT2D eigenvalue weighted by Crippen LogP contribution is 2.82. The second-order valence-corrected chi connectivity index (χ2v) is 7.36. The van der Waals surface area contributed by atoms with E-state index in [0.29, 0.717) is 0 Å². The smallest absolute Gasteiger partial charge is 0.317 e. The highest BCUT2D eigenvalue weighted by molar-refractivity contribution is 5.97. The molecule has 1 saturated carbocycles. The summed E-state index contributed by atoms with van der Waals surface area (Å²) in [5, 5.41) is 20.4. The minimum Gasteiger partial charge on any atom is -0.317 e. The molecule has 0 bridgehead atoms. The van der Waals surface area contributed by atoms with Crippen LogP contribution < -0.4 is 10.7 Å². The molecular weight excluding hydrogens is 352 g/mol. The van der Waals surface area contributed by atoms with Crippen LogP contribution >= 0.6 is 0 Å². The number of benzene rings is 2. The van der Waals surface area contributed by atoms with Crippen LogP contribution in [0.2, 0.25) is 0 Å². The van der Waals surface area contributed by atoms with Gasteiger partial charge >= 0.3 is 5.91 Å². The van der Waals surface area contributed by atoms with Crippen molar-refractivity contribution < 1.29 is 14.5 Å². The van der Waals surface area contributed by atoms with Gasteiger partial charge in [-0.25, -0.2) is 4.99 Å². The first-order chi connectivity index (χ1) is 13.4. The summed E-state index contributed by atoms with van der Waals surface area (Å²) in [6.07, 6.45) is 0. The molecular formula is C22H21N4O2+. The summed E-state index contributed by atoms with van der Waals surface area (Å²) in [6, 6.07) is 22.5. The zero-order valence-electron chi connectivity index (χ0n) is 16.0. The number of nitrogens with one attached hydrogen (secondary N) is 1. The summed E-state index contributed by atoms with van der Waals surface area (Å²) in [6.45, 7) is 1.87. The number of methoxy groups -OCH3 is 2. The fraction of sp³-hybridized carbons (Fsp3) is 0.318. The van der Waals surface area contributed by atoms with E-state index < -0.39 is 22.2 Å². The molecule has 0 saturated heterocycles. The van der Waals surface area contributed by atoms with E-state index >= 15 is 0 Å². The van der Waals surface area contributed by atoms with Crippen LogP contribution in [0.5, 0.6) is 0 Å². The average molecular weight is 373 g/mol. The van der Waals surface area contributed by atoms with Gasteiger partial charge in [-0.15, -0.1) is 0 Å². The predicted octanol–water partition coefficient (Wildman–Crippen LogP) is 1.04. The molecule has 3 atom stereocenters. The number of fused-ring (bicyclic) bond motifs is 1. The SMILES string of the molecule is COC1(OC)[NH+]=C(N)[C@@]2(C#N)[C@@](C)(c3ccc(-c4ccccc4)cc3)[C@@]12C#N. The Morgan fingerprint density at radius 2 is 1.46 bits per heavy atom. The van der Waals surface area contributed by atoms with Crippen LogP contribution in [0.15, 0.2) is 54.6 Å². The Bertz CT molecular complexity index is 1050. The van der Waals surface area contributed by atoms with Gasteiger partial charge in [-0.3, -0.25) is 5.73 Å². The number of hydrogen-bond acceptors (Lipinski definition) is 5. The molecule has 2 aliphatic rings. The van der Waals surface area contributed by atoms with E-state index in [1.54, 1.807) is 0 Å². The number of amidine groups is 1. The van der Waals surface area contributed by atoms with Crippen molar-refractivity contribution in [1.82, 2.24) is 0 Å². The highest BCUT2D eigenvalue weighted by atomic mass is 16.7. The van der Waals surface area contributed by atoms with Crippen LogP contribution in [0.25, 0.3) is 11.1 Å². The molecule has 0 aromatic heterocycles. The molecule has 6 heteroatoms. The molecule has 28 heavy (non-hydrogen) atoms. The minimum absolute atomic E-state index is 0.190. The first-order valence-corrected chi connectivity index (χ1v) is 8.94. The lowest BCUT2D eigenvalue weighted by Gasteiger charge is -2.30. The summed E-state index contributed by atoms with van der Waals surface area (Å²) in [4.78, 5) is 2.92. The van der Waals surface area contributed by atoms with Crippen LogP contribution in [0, 0.1) is 33.5 Å². The number of ether oxygens (including phenoxy) is 2. The number of nitrogens with two attached hydrogens (primary N) is 1. The molecule has 4 rings (SSSR count). The Kier molecular flexibility index (Phi) is 3.67. The van der Waals surface area contributed by atoms with Crippen molar-refractivity contribution in [2.45, 2.75) is 18.2 Å². The van der Waals surface area contributed by atoms with Crippen molar-refractivity contribution in [3.8, 4) is 23.3 Å². The molecule has 1 aliphatic heterocycles. The molecule has 0 radical (unpaired) electrons. The minimum atomic E-state index is -1.51. The lowest BCUT2D eigenvalue weighted by Crippen LogP contribution is -2.91. The van der Waals surface area contributed by atoms with Gasteiger partial charge in [-0.05, 0) is 16.7 Å². The third-order valence-electron chi connectivity index (χ3n) is 6.68. The maximum atomic E-state index is 10.2. The number of nitrogens with zero attached hydrogens (tertiary/aromatic N) is 2. The molecule has 6 nitrogen and oxygen atoms in total. The molecule has 0 unspecified atom stereocenters. The first kappa shape index (κ1) is 18.2. The Labute approximate surface area is 163 Å². The zero-order chi connectivity index (χ0) is 20.2. The second-order valence-electron chi connectivity index (χ2n) is 7.36. The molecule has 2 aromatic carbocycles. The maximum Gasteiger partial charge on any atom is 0.343 e. The summed E-state index contributed by atoms with van der Waals surface area (Å²) >= 11 is 0. The molecule has 0 spiro atoms. The van der Waals surface area contributed by atoms with Gasteiger partial charge < -0.3 is 9.47 Å². The van der Waals surface area contributed by atoms with Crippen LogP contribution in [0.4, 0.5) is 0 Å².